The Morgan fingerprint density at radius 2 is 2.30 bits per heavy atom. The van der Waals surface area contributed by atoms with Crippen LogP contribution in [0.3, 0.4) is 0 Å². The highest BCUT2D eigenvalue weighted by atomic mass is 35.5. The maximum atomic E-state index is 12.1. The van der Waals surface area contributed by atoms with Crippen LogP contribution < -0.4 is 5.32 Å². The molecule has 0 bridgehead atoms. The van der Waals surface area contributed by atoms with Crippen molar-refractivity contribution in [3.63, 3.8) is 0 Å². The lowest BCUT2D eigenvalue weighted by Gasteiger charge is -2.21. The molecule has 20 heavy (non-hydrogen) atoms. The average Bonchev–Trinajstić information content (AvgIpc) is 2.90. The van der Waals surface area contributed by atoms with E-state index in [0.717, 1.165) is 0 Å². The van der Waals surface area contributed by atoms with Gasteiger partial charge in [0.15, 0.2) is 0 Å². The highest BCUT2D eigenvalue weighted by Crippen LogP contribution is 2.26. The minimum absolute atomic E-state index is 0.288. The van der Waals surface area contributed by atoms with Gasteiger partial charge in [0.25, 0.3) is 0 Å². The second-order valence-corrected chi connectivity index (χ2v) is 5.47. The van der Waals surface area contributed by atoms with Gasteiger partial charge in [0.1, 0.15) is 6.04 Å². The number of carboxylic acid groups (broad SMARTS) is 1. The number of aliphatic carboxylic acids is 1. The first-order valence-electron chi connectivity index (χ1n) is 5.60. The molecule has 104 valence electrons. The van der Waals surface area contributed by atoms with Crippen molar-refractivity contribution in [3.8, 4) is 6.07 Å². The van der Waals surface area contributed by atoms with E-state index < -0.39 is 18.0 Å². The van der Waals surface area contributed by atoms with Crippen LogP contribution >= 0.6 is 23.4 Å². The number of anilines is 1. The summed E-state index contributed by atoms with van der Waals surface area (Å²) in [6.07, 6.45) is 0. The molecule has 0 unspecified atom stereocenters. The molecule has 6 nitrogen and oxygen atoms in total. The molecule has 0 aromatic heterocycles. The fourth-order valence-electron chi connectivity index (χ4n) is 1.73. The molecule has 1 heterocycles. The van der Waals surface area contributed by atoms with Crippen molar-refractivity contribution in [3.05, 3.63) is 28.8 Å². The largest absolute Gasteiger partial charge is 0.480 e. The van der Waals surface area contributed by atoms with Gasteiger partial charge in [-0.1, -0.05) is 11.6 Å². The van der Waals surface area contributed by atoms with Crippen LogP contribution in [0.1, 0.15) is 5.56 Å². The van der Waals surface area contributed by atoms with Gasteiger partial charge in [-0.25, -0.2) is 9.59 Å². The molecule has 1 aliphatic rings. The Morgan fingerprint density at radius 3 is 2.95 bits per heavy atom. The standard InChI is InChI=1S/C12H10ClN3O3S/c13-8-2-1-7(4-14)3-9(8)15-12(19)16-6-20-5-10(16)11(17)18/h1-3,10H,5-6H2,(H,15,19)(H,17,18)/t10-/m0/s1. The Morgan fingerprint density at radius 1 is 1.55 bits per heavy atom. The van der Waals surface area contributed by atoms with Crippen LogP contribution in [-0.2, 0) is 4.79 Å². The molecule has 2 rings (SSSR count). The highest BCUT2D eigenvalue weighted by molar-refractivity contribution is 7.99. The zero-order valence-electron chi connectivity index (χ0n) is 10.2. The Labute approximate surface area is 124 Å². The van der Waals surface area contributed by atoms with Crippen molar-refractivity contribution in [2.24, 2.45) is 0 Å². The maximum Gasteiger partial charge on any atom is 0.327 e. The Balaban J connectivity index is 2.16. The van der Waals surface area contributed by atoms with Gasteiger partial charge in [0, 0.05) is 5.75 Å². The number of urea groups is 1. The third-order valence-electron chi connectivity index (χ3n) is 2.77. The molecule has 2 amide bonds. The summed E-state index contributed by atoms with van der Waals surface area (Å²) in [5.41, 5.74) is 0.645. The summed E-state index contributed by atoms with van der Waals surface area (Å²) in [6.45, 7) is 0. The molecular formula is C12H10ClN3O3S. The topological polar surface area (TPSA) is 93.4 Å². The third kappa shape index (κ3) is 2.98. The predicted octanol–water partition coefficient (Wildman–Crippen LogP) is 2.20. The lowest BCUT2D eigenvalue weighted by Crippen LogP contribution is -2.44. The van der Waals surface area contributed by atoms with Crippen LogP contribution in [-0.4, -0.2) is 39.7 Å². The van der Waals surface area contributed by atoms with Crippen LogP contribution in [0, 0.1) is 11.3 Å². The number of carbonyl (C=O) groups excluding carboxylic acids is 1. The van der Waals surface area contributed by atoms with Crippen LogP contribution in [0.5, 0.6) is 0 Å². The Kier molecular flexibility index (Phi) is 4.37. The molecule has 1 aliphatic heterocycles. The first-order chi connectivity index (χ1) is 9.52. The van der Waals surface area contributed by atoms with Gasteiger partial charge in [0.2, 0.25) is 0 Å². The lowest BCUT2D eigenvalue weighted by molar-refractivity contribution is -0.140. The SMILES string of the molecule is N#Cc1ccc(Cl)c(NC(=O)N2CSC[C@H]2C(=O)O)c1. The van der Waals surface area contributed by atoms with Gasteiger partial charge in [-0.2, -0.15) is 5.26 Å². The molecule has 0 aliphatic carbocycles. The molecule has 0 radical (unpaired) electrons. The number of rotatable bonds is 2. The molecule has 1 aromatic rings. The zero-order valence-corrected chi connectivity index (χ0v) is 11.7. The first-order valence-corrected chi connectivity index (χ1v) is 7.14. The van der Waals surface area contributed by atoms with E-state index in [2.05, 4.69) is 5.32 Å². The van der Waals surface area contributed by atoms with Crippen LogP contribution in [0.4, 0.5) is 10.5 Å². The summed E-state index contributed by atoms with van der Waals surface area (Å²) in [5, 5.41) is 20.7. The fraction of sp³-hybridized carbons (Fsp3) is 0.250. The van der Waals surface area contributed by atoms with Crippen molar-refractivity contribution >= 4 is 41.1 Å². The molecule has 1 aromatic carbocycles. The smallest absolute Gasteiger partial charge is 0.327 e. The van der Waals surface area contributed by atoms with Gasteiger partial charge in [-0.05, 0) is 18.2 Å². The highest BCUT2D eigenvalue weighted by Gasteiger charge is 2.34. The third-order valence-corrected chi connectivity index (χ3v) is 4.11. The summed E-state index contributed by atoms with van der Waals surface area (Å²) >= 11 is 7.31. The van der Waals surface area contributed by atoms with Crippen molar-refractivity contribution in [1.82, 2.24) is 4.90 Å². The average molecular weight is 312 g/mol. The summed E-state index contributed by atoms with van der Waals surface area (Å²) in [5.74, 6) is -0.380. The first kappa shape index (κ1) is 14.5. The minimum atomic E-state index is -1.04. The van der Waals surface area contributed by atoms with Gasteiger partial charge in [0.05, 0.1) is 28.2 Å². The normalized spacial score (nSPS) is 17.6. The Bertz CT molecular complexity index is 602. The van der Waals surface area contributed by atoms with Gasteiger partial charge >= 0.3 is 12.0 Å². The lowest BCUT2D eigenvalue weighted by atomic mass is 10.2. The summed E-state index contributed by atoms with van der Waals surface area (Å²) in [6, 6.07) is 5.03. The number of nitriles is 1. The van der Waals surface area contributed by atoms with E-state index in [1.165, 1.54) is 34.9 Å². The predicted molar refractivity (Wildman–Crippen MR) is 75.8 cm³/mol. The summed E-state index contributed by atoms with van der Waals surface area (Å²) in [7, 11) is 0. The molecule has 1 saturated heterocycles. The number of carbonyl (C=O) groups is 2. The number of amides is 2. The fourth-order valence-corrected chi connectivity index (χ4v) is 3.03. The van der Waals surface area contributed by atoms with E-state index in [0.29, 0.717) is 17.2 Å². The number of nitrogens with one attached hydrogen (secondary N) is 1. The number of hydrogen-bond acceptors (Lipinski definition) is 4. The second kappa shape index (κ2) is 6.03. The molecule has 2 N–H and O–H groups in total. The molecule has 1 atom stereocenters. The van der Waals surface area contributed by atoms with Crippen LogP contribution in [0.2, 0.25) is 5.02 Å². The molecular weight excluding hydrogens is 302 g/mol. The number of benzene rings is 1. The van der Waals surface area contributed by atoms with Gasteiger partial charge < -0.3 is 15.3 Å². The molecule has 0 spiro atoms. The van der Waals surface area contributed by atoms with Crippen molar-refractivity contribution in [1.29, 1.82) is 5.26 Å². The molecule has 1 fully saturated rings. The quantitative estimate of drug-likeness (QED) is 0.873. The van der Waals surface area contributed by atoms with Crippen molar-refractivity contribution in [2.75, 3.05) is 16.9 Å². The van der Waals surface area contributed by atoms with Crippen LogP contribution in [0.15, 0.2) is 18.2 Å². The maximum absolute atomic E-state index is 12.1. The van der Waals surface area contributed by atoms with E-state index >= 15 is 0 Å². The van der Waals surface area contributed by atoms with Gasteiger partial charge in [-0.15, -0.1) is 11.8 Å². The number of halogens is 1. The summed E-state index contributed by atoms with van der Waals surface area (Å²) < 4.78 is 0. The monoisotopic (exact) mass is 311 g/mol. The number of nitrogens with zero attached hydrogens (tertiary/aromatic N) is 2. The van der Waals surface area contributed by atoms with Crippen molar-refractivity contribution in [2.45, 2.75) is 6.04 Å². The number of hydrogen-bond donors (Lipinski definition) is 2. The number of thioether (sulfide) groups is 1. The second-order valence-electron chi connectivity index (χ2n) is 4.06. The van der Waals surface area contributed by atoms with E-state index in [1.54, 1.807) is 0 Å². The van der Waals surface area contributed by atoms with E-state index in [4.69, 9.17) is 22.0 Å². The van der Waals surface area contributed by atoms with E-state index in [-0.39, 0.29) is 10.7 Å². The molecule has 8 heteroatoms. The van der Waals surface area contributed by atoms with E-state index in [9.17, 15) is 9.59 Å². The minimum Gasteiger partial charge on any atom is -0.480 e. The van der Waals surface area contributed by atoms with Gasteiger partial charge in [-0.3, -0.25) is 0 Å². The summed E-state index contributed by atoms with van der Waals surface area (Å²) in [4.78, 5) is 24.3. The van der Waals surface area contributed by atoms with Crippen LogP contribution in [0.25, 0.3) is 0 Å². The molecule has 0 saturated carbocycles. The zero-order chi connectivity index (χ0) is 14.7. The van der Waals surface area contributed by atoms with Crippen molar-refractivity contribution < 1.29 is 14.7 Å². The van der Waals surface area contributed by atoms with E-state index in [1.807, 2.05) is 6.07 Å². The Hall–Kier alpha value is -1.91. The number of carboxylic acids is 1.